The van der Waals surface area contributed by atoms with Crippen molar-refractivity contribution in [3.63, 3.8) is 0 Å². The lowest BCUT2D eigenvalue weighted by molar-refractivity contribution is 0.0743. The van der Waals surface area contributed by atoms with Gasteiger partial charge in [-0.15, -0.1) is 0 Å². The molecule has 9 heteroatoms. The van der Waals surface area contributed by atoms with Crippen LogP contribution in [0.15, 0.2) is 34.9 Å². The molecule has 0 N–H and O–H groups in total. The van der Waals surface area contributed by atoms with E-state index in [2.05, 4.69) is 25.6 Å². The number of rotatable bonds is 4. The number of piperazine rings is 1. The van der Waals surface area contributed by atoms with Gasteiger partial charge in [-0.2, -0.15) is 4.68 Å². The molecule has 0 aliphatic carbocycles. The number of anilines is 1. The van der Waals surface area contributed by atoms with Gasteiger partial charge in [0.2, 0.25) is 5.95 Å². The number of carbonyl (C=O) groups excluding carboxylic acids is 1. The van der Waals surface area contributed by atoms with Gasteiger partial charge in [0.15, 0.2) is 0 Å². The Morgan fingerprint density at radius 3 is 2.59 bits per heavy atom. The molecule has 0 atom stereocenters. The van der Waals surface area contributed by atoms with Crippen molar-refractivity contribution in [2.45, 2.75) is 20.3 Å². The molecule has 3 aromatic rings. The van der Waals surface area contributed by atoms with Gasteiger partial charge in [-0.3, -0.25) is 4.79 Å². The number of tetrazole rings is 1. The Labute approximate surface area is 156 Å². The summed E-state index contributed by atoms with van der Waals surface area (Å²) in [4.78, 5) is 16.8. The summed E-state index contributed by atoms with van der Waals surface area (Å²) in [5.41, 5.74) is 2.22. The van der Waals surface area contributed by atoms with Crippen molar-refractivity contribution in [3.8, 4) is 5.69 Å². The average molecular weight is 367 g/mol. The first-order chi connectivity index (χ1) is 13.2. The highest BCUT2D eigenvalue weighted by Crippen LogP contribution is 2.20. The molecule has 0 spiro atoms. The van der Waals surface area contributed by atoms with Crippen molar-refractivity contribution in [3.05, 3.63) is 47.3 Å². The zero-order chi connectivity index (χ0) is 18.8. The van der Waals surface area contributed by atoms with Gasteiger partial charge in [-0.1, -0.05) is 35.4 Å². The summed E-state index contributed by atoms with van der Waals surface area (Å²) in [6, 6.07) is 9.77. The van der Waals surface area contributed by atoms with Crippen LogP contribution in [0, 0.1) is 6.92 Å². The number of para-hydroxylation sites is 1. The quantitative estimate of drug-likeness (QED) is 0.689. The number of hydrogen-bond donors (Lipinski definition) is 0. The maximum Gasteiger partial charge on any atom is 0.259 e. The molecule has 0 radical (unpaired) electrons. The van der Waals surface area contributed by atoms with E-state index in [0.29, 0.717) is 55.6 Å². The van der Waals surface area contributed by atoms with E-state index in [9.17, 15) is 4.79 Å². The fourth-order valence-corrected chi connectivity index (χ4v) is 3.32. The Morgan fingerprint density at radius 1 is 1.15 bits per heavy atom. The van der Waals surface area contributed by atoms with Gasteiger partial charge in [0.05, 0.1) is 11.4 Å². The Hall–Kier alpha value is -3.23. The highest BCUT2D eigenvalue weighted by atomic mass is 16.5. The number of aryl methyl sites for hydroxylation is 2. The van der Waals surface area contributed by atoms with Crippen LogP contribution in [0.3, 0.4) is 0 Å². The molecule has 1 aliphatic heterocycles. The van der Waals surface area contributed by atoms with Crippen LogP contribution in [-0.4, -0.2) is 62.4 Å². The summed E-state index contributed by atoms with van der Waals surface area (Å²) >= 11 is 0. The van der Waals surface area contributed by atoms with Gasteiger partial charge in [0.25, 0.3) is 5.91 Å². The Morgan fingerprint density at radius 2 is 1.89 bits per heavy atom. The van der Waals surface area contributed by atoms with Crippen LogP contribution >= 0.6 is 0 Å². The maximum atomic E-state index is 12.9. The predicted octanol–water partition coefficient (Wildman–Crippen LogP) is 1.48. The molecule has 3 heterocycles. The van der Waals surface area contributed by atoms with Crippen LogP contribution in [0.25, 0.3) is 5.69 Å². The smallest absolute Gasteiger partial charge is 0.259 e. The van der Waals surface area contributed by atoms with Gasteiger partial charge in [0, 0.05) is 26.2 Å². The highest BCUT2D eigenvalue weighted by molar-refractivity contribution is 5.96. The summed E-state index contributed by atoms with van der Waals surface area (Å²) in [5.74, 6) is 1.24. The van der Waals surface area contributed by atoms with E-state index in [0.717, 1.165) is 5.69 Å². The standard InChI is InChI=1S/C18H21N7O2/c1-3-15-16(13(2)27-20-15)17(26)23-9-11-24(12-10-23)18-19-21-22-25(18)14-7-5-4-6-8-14/h4-8H,3,9-12H2,1-2H3. The number of carbonyl (C=O) groups is 1. The lowest BCUT2D eigenvalue weighted by Gasteiger charge is -2.34. The molecule has 1 aromatic carbocycles. The Bertz CT molecular complexity index is 926. The molecule has 27 heavy (non-hydrogen) atoms. The van der Waals surface area contributed by atoms with Crippen LogP contribution in [-0.2, 0) is 6.42 Å². The first-order valence-corrected chi connectivity index (χ1v) is 9.02. The molecule has 1 aliphatic rings. The van der Waals surface area contributed by atoms with Crippen molar-refractivity contribution >= 4 is 11.9 Å². The normalized spacial score (nSPS) is 14.6. The second kappa shape index (κ2) is 7.18. The van der Waals surface area contributed by atoms with E-state index in [1.807, 2.05) is 42.2 Å². The van der Waals surface area contributed by atoms with Gasteiger partial charge in [-0.05, 0) is 35.9 Å². The van der Waals surface area contributed by atoms with E-state index in [-0.39, 0.29) is 5.91 Å². The van der Waals surface area contributed by atoms with E-state index in [1.165, 1.54) is 0 Å². The topological polar surface area (TPSA) is 93.2 Å². The minimum absolute atomic E-state index is 0.0205. The second-order valence-corrected chi connectivity index (χ2v) is 6.42. The van der Waals surface area contributed by atoms with Gasteiger partial charge < -0.3 is 14.3 Å². The lowest BCUT2D eigenvalue weighted by Crippen LogP contribution is -2.49. The van der Waals surface area contributed by atoms with Gasteiger partial charge in [-0.25, -0.2) is 0 Å². The minimum atomic E-state index is -0.0205. The van der Waals surface area contributed by atoms with Crippen molar-refractivity contribution in [2.75, 3.05) is 31.1 Å². The molecule has 1 saturated heterocycles. The largest absolute Gasteiger partial charge is 0.361 e. The van der Waals surface area contributed by atoms with Crippen molar-refractivity contribution in [1.82, 2.24) is 30.3 Å². The van der Waals surface area contributed by atoms with Crippen molar-refractivity contribution < 1.29 is 9.32 Å². The predicted molar refractivity (Wildman–Crippen MR) is 97.9 cm³/mol. The fraction of sp³-hybridized carbons (Fsp3) is 0.389. The first kappa shape index (κ1) is 17.2. The van der Waals surface area contributed by atoms with Crippen LogP contribution in [0.5, 0.6) is 0 Å². The summed E-state index contributed by atoms with van der Waals surface area (Å²) in [6.45, 7) is 6.25. The Kier molecular flexibility index (Phi) is 4.57. The molecule has 1 fully saturated rings. The number of benzene rings is 1. The molecule has 0 saturated carbocycles. The summed E-state index contributed by atoms with van der Waals surface area (Å²) in [6.07, 6.45) is 0.671. The lowest BCUT2D eigenvalue weighted by atomic mass is 10.1. The summed E-state index contributed by atoms with van der Waals surface area (Å²) < 4.78 is 6.92. The third kappa shape index (κ3) is 3.16. The minimum Gasteiger partial charge on any atom is -0.361 e. The van der Waals surface area contributed by atoms with Gasteiger partial charge in [0.1, 0.15) is 11.3 Å². The molecule has 0 bridgehead atoms. The Balaban J connectivity index is 1.48. The third-order valence-corrected chi connectivity index (χ3v) is 4.79. The molecule has 140 valence electrons. The fourth-order valence-electron chi connectivity index (χ4n) is 3.32. The number of amides is 1. The van der Waals surface area contributed by atoms with Crippen LogP contribution in [0.4, 0.5) is 5.95 Å². The maximum absolute atomic E-state index is 12.9. The van der Waals surface area contributed by atoms with Crippen molar-refractivity contribution in [1.29, 1.82) is 0 Å². The van der Waals surface area contributed by atoms with E-state index >= 15 is 0 Å². The third-order valence-electron chi connectivity index (χ3n) is 4.79. The first-order valence-electron chi connectivity index (χ1n) is 9.02. The summed E-state index contributed by atoms with van der Waals surface area (Å²) in [5, 5.41) is 16.1. The number of aromatic nitrogens is 5. The van der Waals surface area contributed by atoms with E-state index < -0.39 is 0 Å². The number of hydrogen-bond acceptors (Lipinski definition) is 7. The van der Waals surface area contributed by atoms with Gasteiger partial charge >= 0.3 is 0 Å². The SMILES string of the molecule is CCc1noc(C)c1C(=O)N1CCN(c2nnnn2-c2ccccc2)CC1. The summed E-state index contributed by atoms with van der Waals surface area (Å²) in [7, 11) is 0. The van der Waals surface area contributed by atoms with Crippen LogP contribution in [0.2, 0.25) is 0 Å². The molecular formula is C18H21N7O2. The molecule has 0 unspecified atom stereocenters. The molecule has 9 nitrogen and oxygen atoms in total. The molecule has 1 amide bonds. The van der Waals surface area contributed by atoms with E-state index in [1.54, 1.807) is 11.6 Å². The molecule has 2 aromatic heterocycles. The second-order valence-electron chi connectivity index (χ2n) is 6.42. The van der Waals surface area contributed by atoms with Crippen LogP contribution in [0.1, 0.15) is 28.7 Å². The van der Waals surface area contributed by atoms with E-state index in [4.69, 9.17) is 4.52 Å². The van der Waals surface area contributed by atoms with Crippen molar-refractivity contribution in [2.24, 2.45) is 0 Å². The zero-order valence-corrected chi connectivity index (χ0v) is 15.4. The molecule has 4 rings (SSSR count). The van der Waals surface area contributed by atoms with Crippen LogP contribution < -0.4 is 4.90 Å². The highest BCUT2D eigenvalue weighted by Gasteiger charge is 2.29. The number of nitrogens with zero attached hydrogens (tertiary/aromatic N) is 7. The zero-order valence-electron chi connectivity index (χ0n) is 15.4. The average Bonchev–Trinajstić information content (AvgIpc) is 3.35. The monoisotopic (exact) mass is 367 g/mol. The molecular weight excluding hydrogens is 346 g/mol.